The minimum Gasteiger partial charge on any atom is -0.462 e. The van der Waals surface area contributed by atoms with E-state index in [0.717, 1.165) is 32.8 Å². The van der Waals surface area contributed by atoms with Gasteiger partial charge in [-0.1, -0.05) is 5.16 Å². The number of hydrogen-bond acceptors (Lipinski definition) is 9. The Bertz CT molecular complexity index is 1080. The van der Waals surface area contributed by atoms with Gasteiger partial charge in [0, 0.05) is 31.2 Å². The number of halogens is 1. The Morgan fingerprint density at radius 2 is 2.19 bits per heavy atom. The second-order valence-electron chi connectivity index (χ2n) is 7.78. The van der Waals surface area contributed by atoms with Crippen LogP contribution in [0.2, 0.25) is 0 Å². The Morgan fingerprint density at radius 3 is 2.90 bits per heavy atom. The fourth-order valence-electron chi connectivity index (χ4n) is 4.07. The first-order chi connectivity index (χ1) is 14.9. The third kappa shape index (κ3) is 4.27. The van der Waals surface area contributed by atoms with Crippen molar-refractivity contribution in [1.82, 2.24) is 20.0 Å². The number of anilines is 1. The molecule has 1 saturated heterocycles. The summed E-state index contributed by atoms with van der Waals surface area (Å²) in [6.07, 6.45) is 1.04. The molecule has 3 aromatic rings. The monoisotopic (exact) mass is 447 g/mol. The molecule has 1 N–H and O–H groups in total. The zero-order valence-corrected chi connectivity index (χ0v) is 18.9. The van der Waals surface area contributed by atoms with Gasteiger partial charge < -0.3 is 14.6 Å². The third-order valence-electron chi connectivity index (χ3n) is 5.71. The standard InChI is InChI=1S/C21H26FN5O3S/c1-5-29-21(28)18-11(2)17-19(24-10-25-20(17)31-18)23-7-15-6-14(22)8-27(15)9-16-12(3)26-30-13(16)4/h10,14-15H,5-9H2,1-4H3,(H,23,24,25)/t14-,15-/m0/s1. The maximum atomic E-state index is 14.3. The smallest absolute Gasteiger partial charge is 0.348 e. The molecule has 0 bridgehead atoms. The van der Waals surface area contributed by atoms with Gasteiger partial charge in [-0.3, -0.25) is 4.90 Å². The van der Waals surface area contributed by atoms with E-state index in [4.69, 9.17) is 9.26 Å². The number of aromatic nitrogens is 3. The lowest BCUT2D eigenvalue weighted by Crippen LogP contribution is -2.35. The van der Waals surface area contributed by atoms with E-state index >= 15 is 0 Å². The number of thiophene rings is 1. The van der Waals surface area contributed by atoms with E-state index in [1.165, 1.54) is 17.7 Å². The lowest BCUT2D eigenvalue weighted by molar-refractivity contribution is 0.0531. The van der Waals surface area contributed by atoms with Crippen LogP contribution in [0.3, 0.4) is 0 Å². The molecule has 0 aromatic carbocycles. The number of likely N-dealkylation sites (tertiary alicyclic amines) is 1. The highest BCUT2D eigenvalue weighted by atomic mass is 32.1. The van der Waals surface area contributed by atoms with Crippen molar-refractivity contribution in [3.8, 4) is 0 Å². The minimum atomic E-state index is -0.879. The van der Waals surface area contributed by atoms with E-state index in [1.807, 2.05) is 20.8 Å². The second-order valence-corrected chi connectivity index (χ2v) is 8.78. The Hall–Kier alpha value is -2.59. The van der Waals surface area contributed by atoms with Gasteiger partial charge >= 0.3 is 5.97 Å². The summed E-state index contributed by atoms with van der Waals surface area (Å²) in [7, 11) is 0. The minimum absolute atomic E-state index is 0.00261. The van der Waals surface area contributed by atoms with Crippen LogP contribution in [0.5, 0.6) is 0 Å². The van der Waals surface area contributed by atoms with E-state index < -0.39 is 6.17 Å². The van der Waals surface area contributed by atoms with Crippen LogP contribution in [0.25, 0.3) is 10.2 Å². The predicted octanol–water partition coefficient (Wildman–Crippen LogP) is 3.81. The SMILES string of the molecule is CCOC(=O)c1sc2ncnc(NC[C@@H]3C[C@H](F)CN3Cc3c(C)noc3C)c2c1C. The molecule has 4 heterocycles. The van der Waals surface area contributed by atoms with Crippen molar-refractivity contribution in [3.05, 3.63) is 33.8 Å². The Labute approximate surface area is 183 Å². The van der Waals surface area contributed by atoms with Gasteiger partial charge in [-0.15, -0.1) is 11.3 Å². The van der Waals surface area contributed by atoms with Crippen molar-refractivity contribution >= 4 is 33.3 Å². The highest BCUT2D eigenvalue weighted by Crippen LogP contribution is 2.34. The van der Waals surface area contributed by atoms with E-state index in [1.54, 1.807) is 6.92 Å². The molecule has 0 spiro atoms. The van der Waals surface area contributed by atoms with Crippen LogP contribution in [0.1, 0.15) is 45.6 Å². The van der Waals surface area contributed by atoms with Gasteiger partial charge in [0.15, 0.2) is 0 Å². The molecular formula is C21H26FN5O3S. The number of nitrogens with one attached hydrogen (secondary N) is 1. The molecule has 8 nitrogen and oxygen atoms in total. The highest BCUT2D eigenvalue weighted by molar-refractivity contribution is 7.20. The molecule has 0 aliphatic carbocycles. The molecule has 1 aliphatic rings. The van der Waals surface area contributed by atoms with Crippen LogP contribution in [0.15, 0.2) is 10.9 Å². The molecule has 0 unspecified atom stereocenters. The fraction of sp³-hybridized carbons (Fsp3) is 0.524. The number of esters is 1. The number of ether oxygens (including phenoxy) is 1. The van der Waals surface area contributed by atoms with Gasteiger partial charge in [-0.2, -0.15) is 0 Å². The number of aryl methyl sites for hydroxylation is 3. The summed E-state index contributed by atoms with van der Waals surface area (Å²) in [5.74, 6) is 1.06. The van der Waals surface area contributed by atoms with Gasteiger partial charge in [-0.25, -0.2) is 19.2 Å². The van der Waals surface area contributed by atoms with Crippen LogP contribution >= 0.6 is 11.3 Å². The summed E-state index contributed by atoms with van der Waals surface area (Å²) in [5, 5.41) is 8.18. The van der Waals surface area contributed by atoms with Crippen molar-refractivity contribution < 1.29 is 18.4 Å². The molecule has 10 heteroatoms. The van der Waals surface area contributed by atoms with E-state index in [9.17, 15) is 9.18 Å². The molecule has 31 heavy (non-hydrogen) atoms. The Kier molecular flexibility index (Phi) is 6.19. The molecular weight excluding hydrogens is 421 g/mol. The van der Waals surface area contributed by atoms with E-state index in [2.05, 4.69) is 25.3 Å². The van der Waals surface area contributed by atoms with E-state index in [-0.39, 0.29) is 12.0 Å². The average Bonchev–Trinajstić information content (AvgIpc) is 3.38. The third-order valence-corrected chi connectivity index (χ3v) is 6.89. The van der Waals surface area contributed by atoms with Crippen LogP contribution < -0.4 is 5.32 Å². The molecule has 4 rings (SSSR count). The lowest BCUT2D eigenvalue weighted by atomic mass is 10.1. The largest absolute Gasteiger partial charge is 0.462 e. The summed E-state index contributed by atoms with van der Waals surface area (Å²) >= 11 is 1.30. The van der Waals surface area contributed by atoms with Crippen molar-refractivity contribution in [3.63, 3.8) is 0 Å². The maximum absolute atomic E-state index is 14.3. The summed E-state index contributed by atoms with van der Waals surface area (Å²) in [5.41, 5.74) is 2.64. The number of rotatable bonds is 7. The normalized spacial score (nSPS) is 19.3. The molecule has 0 radical (unpaired) electrons. The number of carbonyl (C=O) groups is 1. The lowest BCUT2D eigenvalue weighted by Gasteiger charge is -2.24. The summed E-state index contributed by atoms with van der Waals surface area (Å²) in [6, 6.07) is -0.00261. The zero-order valence-electron chi connectivity index (χ0n) is 18.1. The fourth-order valence-corrected chi connectivity index (χ4v) is 5.11. The first-order valence-electron chi connectivity index (χ1n) is 10.3. The topological polar surface area (TPSA) is 93.4 Å². The number of nitrogens with zero attached hydrogens (tertiary/aromatic N) is 4. The molecule has 1 aliphatic heterocycles. The van der Waals surface area contributed by atoms with Gasteiger partial charge in [-0.05, 0) is 39.7 Å². The van der Waals surface area contributed by atoms with Crippen molar-refractivity contribution in [1.29, 1.82) is 0 Å². The predicted molar refractivity (Wildman–Crippen MR) is 116 cm³/mol. The van der Waals surface area contributed by atoms with Gasteiger partial charge in [0.25, 0.3) is 0 Å². The van der Waals surface area contributed by atoms with Crippen LogP contribution in [-0.4, -0.2) is 57.9 Å². The maximum Gasteiger partial charge on any atom is 0.348 e. The number of alkyl halides is 1. The molecule has 3 aromatic heterocycles. The molecule has 1 fully saturated rings. The van der Waals surface area contributed by atoms with Crippen molar-refractivity contribution in [2.45, 2.75) is 52.9 Å². The Morgan fingerprint density at radius 1 is 1.39 bits per heavy atom. The zero-order chi connectivity index (χ0) is 22.1. The van der Waals surface area contributed by atoms with Gasteiger partial charge in [0.05, 0.1) is 17.7 Å². The molecule has 2 atom stereocenters. The van der Waals surface area contributed by atoms with Gasteiger partial charge in [0.1, 0.15) is 33.8 Å². The molecule has 166 valence electrons. The summed E-state index contributed by atoms with van der Waals surface area (Å²) in [6.45, 7) is 9.25. The quantitative estimate of drug-likeness (QED) is 0.547. The van der Waals surface area contributed by atoms with Crippen LogP contribution in [0.4, 0.5) is 10.2 Å². The van der Waals surface area contributed by atoms with Gasteiger partial charge in [0.2, 0.25) is 0 Å². The molecule has 0 saturated carbocycles. The first-order valence-corrected chi connectivity index (χ1v) is 11.2. The average molecular weight is 448 g/mol. The highest BCUT2D eigenvalue weighted by Gasteiger charge is 2.33. The summed E-state index contributed by atoms with van der Waals surface area (Å²) < 4.78 is 24.7. The first kappa shape index (κ1) is 21.6. The summed E-state index contributed by atoms with van der Waals surface area (Å²) in [4.78, 5) is 24.3. The second kappa shape index (κ2) is 8.88. The Balaban J connectivity index is 1.53. The van der Waals surface area contributed by atoms with Crippen LogP contribution in [0, 0.1) is 20.8 Å². The van der Waals surface area contributed by atoms with Crippen molar-refractivity contribution in [2.75, 3.05) is 25.0 Å². The number of carbonyl (C=O) groups excluding carboxylic acids is 1. The van der Waals surface area contributed by atoms with Crippen molar-refractivity contribution in [2.24, 2.45) is 0 Å². The van der Waals surface area contributed by atoms with Crippen LogP contribution in [-0.2, 0) is 11.3 Å². The number of fused-ring (bicyclic) bond motifs is 1. The molecule has 0 amide bonds. The van der Waals surface area contributed by atoms with E-state index in [0.29, 0.717) is 43.4 Å². The number of hydrogen-bond donors (Lipinski definition) is 1.